The molecule has 142 valence electrons. The molecule has 0 amide bonds. The summed E-state index contributed by atoms with van der Waals surface area (Å²) in [6.45, 7) is 3.70. The van der Waals surface area contributed by atoms with Gasteiger partial charge >= 0.3 is 6.18 Å². The van der Waals surface area contributed by atoms with Crippen molar-refractivity contribution in [2.24, 2.45) is 0 Å². The van der Waals surface area contributed by atoms with Crippen molar-refractivity contribution < 1.29 is 17.9 Å². The van der Waals surface area contributed by atoms with Crippen LogP contribution < -0.4 is 10.1 Å². The molecular formula is C18H17F3N4OS. The van der Waals surface area contributed by atoms with Crippen LogP contribution in [0.4, 0.5) is 19.1 Å². The van der Waals surface area contributed by atoms with Gasteiger partial charge in [-0.05, 0) is 44.2 Å². The van der Waals surface area contributed by atoms with Gasteiger partial charge in [-0.3, -0.25) is 0 Å². The van der Waals surface area contributed by atoms with Crippen LogP contribution in [0.1, 0.15) is 29.2 Å². The van der Waals surface area contributed by atoms with Crippen molar-refractivity contribution in [2.75, 3.05) is 12.4 Å². The lowest BCUT2D eigenvalue weighted by atomic mass is 10.2. The Kier molecular flexibility index (Phi) is 5.31. The van der Waals surface area contributed by atoms with Crippen molar-refractivity contribution in [3.63, 3.8) is 0 Å². The lowest BCUT2D eigenvalue weighted by Crippen LogP contribution is -2.13. The summed E-state index contributed by atoms with van der Waals surface area (Å²) in [6, 6.07) is 8.07. The molecule has 3 rings (SSSR count). The molecule has 9 heteroatoms. The molecule has 27 heavy (non-hydrogen) atoms. The first kappa shape index (κ1) is 19.1. The minimum Gasteiger partial charge on any atom is -0.497 e. The highest BCUT2D eigenvalue weighted by atomic mass is 32.1. The van der Waals surface area contributed by atoms with Crippen LogP contribution in [0.5, 0.6) is 5.75 Å². The average Bonchev–Trinajstić information content (AvgIpc) is 3.03. The van der Waals surface area contributed by atoms with Crippen LogP contribution in [-0.2, 0) is 6.18 Å². The van der Waals surface area contributed by atoms with Crippen molar-refractivity contribution in [1.82, 2.24) is 15.0 Å². The molecule has 1 unspecified atom stereocenters. The van der Waals surface area contributed by atoms with Gasteiger partial charge < -0.3 is 10.1 Å². The highest BCUT2D eigenvalue weighted by Gasteiger charge is 2.33. The fourth-order valence-corrected chi connectivity index (χ4v) is 3.59. The summed E-state index contributed by atoms with van der Waals surface area (Å²) < 4.78 is 43.6. The lowest BCUT2D eigenvalue weighted by Gasteiger charge is -2.14. The van der Waals surface area contributed by atoms with Gasteiger partial charge in [0, 0.05) is 11.8 Å². The molecule has 0 aliphatic heterocycles. The monoisotopic (exact) mass is 394 g/mol. The van der Waals surface area contributed by atoms with Gasteiger partial charge in [0.1, 0.15) is 16.5 Å². The summed E-state index contributed by atoms with van der Waals surface area (Å²) >= 11 is 1.47. The van der Waals surface area contributed by atoms with Crippen LogP contribution in [-0.4, -0.2) is 22.1 Å². The molecule has 0 saturated carbocycles. The molecule has 0 spiro atoms. The number of benzene rings is 1. The van der Waals surface area contributed by atoms with Gasteiger partial charge in [-0.15, -0.1) is 11.3 Å². The predicted octanol–water partition coefficient (Wildman–Crippen LogP) is 5.11. The number of hydrogen-bond donors (Lipinski definition) is 1. The zero-order chi connectivity index (χ0) is 19.6. The summed E-state index contributed by atoms with van der Waals surface area (Å²) in [5.74, 6) is 0.681. The maximum Gasteiger partial charge on any atom is 0.433 e. The number of alkyl halides is 3. The van der Waals surface area contributed by atoms with E-state index in [1.54, 1.807) is 7.11 Å². The molecule has 1 N–H and O–H groups in total. The summed E-state index contributed by atoms with van der Waals surface area (Å²) in [5.41, 5.74) is 0.766. The van der Waals surface area contributed by atoms with Gasteiger partial charge in [-0.1, -0.05) is 0 Å². The molecule has 3 aromatic rings. The standard InChI is InChI=1S/C18H17F3N4OS/c1-10-15(27-16(23-10)12-4-6-13(26-3)7-5-12)11(2)24-17-22-9-8-14(25-17)18(19,20)21/h4-9,11H,1-3H3,(H,22,24,25). The van der Waals surface area contributed by atoms with Crippen LogP contribution in [0.3, 0.4) is 0 Å². The van der Waals surface area contributed by atoms with Crippen molar-refractivity contribution >= 4 is 17.3 Å². The zero-order valence-corrected chi connectivity index (χ0v) is 15.6. The first-order valence-corrected chi connectivity index (χ1v) is 8.88. The van der Waals surface area contributed by atoms with Crippen LogP contribution >= 0.6 is 11.3 Å². The number of rotatable bonds is 5. The Hall–Kier alpha value is -2.68. The number of thiazole rings is 1. The number of halogens is 3. The van der Waals surface area contributed by atoms with Gasteiger partial charge in [-0.25, -0.2) is 15.0 Å². The number of aryl methyl sites for hydroxylation is 1. The van der Waals surface area contributed by atoms with E-state index in [0.717, 1.165) is 39.2 Å². The summed E-state index contributed by atoms with van der Waals surface area (Å²) in [7, 11) is 1.60. The minimum absolute atomic E-state index is 0.0730. The maximum absolute atomic E-state index is 12.8. The predicted molar refractivity (Wildman–Crippen MR) is 97.9 cm³/mol. The number of nitrogens with zero attached hydrogens (tertiary/aromatic N) is 3. The zero-order valence-electron chi connectivity index (χ0n) is 14.8. The van der Waals surface area contributed by atoms with Gasteiger partial charge in [0.25, 0.3) is 0 Å². The molecule has 1 atom stereocenters. The third-order valence-electron chi connectivity index (χ3n) is 3.85. The number of ether oxygens (including phenoxy) is 1. The Labute approximate surface area is 158 Å². The smallest absolute Gasteiger partial charge is 0.433 e. The van der Waals surface area contributed by atoms with E-state index in [-0.39, 0.29) is 12.0 Å². The number of nitrogens with one attached hydrogen (secondary N) is 1. The van der Waals surface area contributed by atoms with E-state index in [9.17, 15) is 13.2 Å². The molecule has 0 fully saturated rings. The van der Waals surface area contributed by atoms with Crippen LogP contribution in [0.15, 0.2) is 36.5 Å². The van der Waals surface area contributed by atoms with E-state index in [0.29, 0.717) is 0 Å². The number of aromatic nitrogens is 3. The maximum atomic E-state index is 12.8. The molecule has 1 aromatic carbocycles. The van der Waals surface area contributed by atoms with Gasteiger partial charge in [0.05, 0.1) is 23.7 Å². The third-order valence-corrected chi connectivity index (χ3v) is 5.24. The van der Waals surface area contributed by atoms with E-state index < -0.39 is 11.9 Å². The minimum atomic E-state index is -4.51. The largest absolute Gasteiger partial charge is 0.497 e. The lowest BCUT2D eigenvalue weighted by molar-refractivity contribution is -0.141. The number of hydrogen-bond acceptors (Lipinski definition) is 6. The molecule has 5 nitrogen and oxygen atoms in total. The Bertz CT molecular complexity index is 925. The van der Waals surface area contributed by atoms with Crippen LogP contribution in [0.25, 0.3) is 10.6 Å². The third kappa shape index (κ3) is 4.36. The molecular weight excluding hydrogens is 377 g/mol. The second-order valence-corrected chi connectivity index (χ2v) is 6.86. The first-order chi connectivity index (χ1) is 12.8. The normalized spacial score (nSPS) is 12.7. The van der Waals surface area contributed by atoms with Crippen LogP contribution in [0.2, 0.25) is 0 Å². The SMILES string of the molecule is COc1ccc(-c2nc(C)c(C(C)Nc3nccc(C(F)(F)F)n3)s2)cc1. The summed E-state index contributed by atoms with van der Waals surface area (Å²) in [5, 5.41) is 3.75. The second kappa shape index (κ2) is 7.51. The molecule has 0 aliphatic rings. The van der Waals surface area contributed by atoms with E-state index in [1.165, 1.54) is 11.3 Å². The Morgan fingerprint density at radius 3 is 2.44 bits per heavy atom. The Morgan fingerprint density at radius 1 is 1.11 bits per heavy atom. The highest BCUT2D eigenvalue weighted by Crippen LogP contribution is 2.34. The summed E-state index contributed by atoms with van der Waals surface area (Å²) in [6.07, 6.45) is -3.42. The van der Waals surface area contributed by atoms with E-state index >= 15 is 0 Å². The fourth-order valence-electron chi connectivity index (χ4n) is 2.51. The van der Waals surface area contributed by atoms with Crippen molar-refractivity contribution in [3.05, 3.63) is 52.8 Å². The second-order valence-electron chi connectivity index (χ2n) is 5.83. The van der Waals surface area contributed by atoms with E-state index in [4.69, 9.17) is 4.74 Å². The molecule has 0 bridgehead atoms. The van der Waals surface area contributed by atoms with Crippen molar-refractivity contribution in [3.8, 4) is 16.3 Å². The number of methoxy groups -OCH3 is 1. The highest BCUT2D eigenvalue weighted by molar-refractivity contribution is 7.15. The topological polar surface area (TPSA) is 59.9 Å². The van der Waals surface area contributed by atoms with Crippen LogP contribution in [0, 0.1) is 6.92 Å². The Morgan fingerprint density at radius 2 is 1.81 bits per heavy atom. The molecule has 2 aromatic heterocycles. The average molecular weight is 394 g/mol. The molecule has 2 heterocycles. The fraction of sp³-hybridized carbons (Fsp3) is 0.278. The van der Waals surface area contributed by atoms with Crippen molar-refractivity contribution in [2.45, 2.75) is 26.1 Å². The molecule has 0 aliphatic carbocycles. The van der Waals surface area contributed by atoms with Gasteiger partial charge in [0.2, 0.25) is 5.95 Å². The van der Waals surface area contributed by atoms with E-state index in [2.05, 4.69) is 20.3 Å². The van der Waals surface area contributed by atoms with Gasteiger partial charge in [-0.2, -0.15) is 13.2 Å². The summed E-state index contributed by atoms with van der Waals surface area (Å²) in [4.78, 5) is 12.9. The quantitative estimate of drug-likeness (QED) is 0.652. The molecule has 0 radical (unpaired) electrons. The first-order valence-electron chi connectivity index (χ1n) is 8.06. The Balaban J connectivity index is 1.81. The van der Waals surface area contributed by atoms with E-state index in [1.807, 2.05) is 38.1 Å². The number of anilines is 1. The molecule has 0 saturated heterocycles. The van der Waals surface area contributed by atoms with Crippen molar-refractivity contribution in [1.29, 1.82) is 0 Å². The van der Waals surface area contributed by atoms with Gasteiger partial charge in [0.15, 0.2) is 0 Å².